The van der Waals surface area contributed by atoms with Gasteiger partial charge in [-0.05, 0) is 49.1 Å². The molecule has 0 bridgehead atoms. The van der Waals surface area contributed by atoms with E-state index in [1.807, 2.05) is 37.3 Å². The fourth-order valence-corrected chi connectivity index (χ4v) is 4.69. The van der Waals surface area contributed by atoms with Crippen molar-refractivity contribution in [3.63, 3.8) is 0 Å². The molecule has 0 aliphatic carbocycles. The molecule has 3 aromatic rings. The smallest absolute Gasteiger partial charge is 0.416 e. The maximum atomic E-state index is 13.4. The highest BCUT2D eigenvalue weighted by molar-refractivity contribution is 6.01. The zero-order valence-electron chi connectivity index (χ0n) is 22.7. The normalized spacial score (nSPS) is 14.1. The first-order chi connectivity index (χ1) is 19.6. The van der Waals surface area contributed by atoms with Gasteiger partial charge in [-0.3, -0.25) is 14.4 Å². The topological polar surface area (TPSA) is 87.7 Å². The number of hydrogen-bond acceptors (Lipinski definition) is 5. The molecule has 1 heterocycles. The summed E-state index contributed by atoms with van der Waals surface area (Å²) in [4.78, 5) is 40.7. The lowest BCUT2D eigenvalue weighted by molar-refractivity contribution is -0.137. The summed E-state index contributed by atoms with van der Waals surface area (Å²) in [5.74, 6) is -0.436. The molecule has 0 saturated carbocycles. The lowest BCUT2D eigenvalue weighted by atomic mass is 10.0. The Hall–Kier alpha value is -4.18. The third-order valence-corrected chi connectivity index (χ3v) is 6.71. The summed E-state index contributed by atoms with van der Waals surface area (Å²) in [5, 5.41) is 5.73. The lowest BCUT2D eigenvalue weighted by Gasteiger charge is -2.21. The molecule has 0 radical (unpaired) electrons. The Morgan fingerprint density at radius 3 is 2.44 bits per heavy atom. The van der Waals surface area contributed by atoms with E-state index in [2.05, 4.69) is 10.6 Å². The van der Waals surface area contributed by atoms with E-state index in [-0.39, 0.29) is 36.8 Å². The molecule has 2 amide bonds. The van der Waals surface area contributed by atoms with Crippen molar-refractivity contribution in [2.45, 2.75) is 44.9 Å². The number of benzene rings is 3. The first kappa shape index (κ1) is 29.8. The average Bonchev–Trinajstić information content (AvgIpc) is 3.38. The summed E-state index contributed by atoms with van der Waals surface area (Å²) in [7, 11) is 0. The molecule has 0 aromatic heterocycles. The molecule has 3 aromatic carbocycles. The Labute approximate surface area is 236 Å². The summed E-state index contributed by atoms with van der Waals surface area (Å²) in [6.45, 7) is 2.60. The van der Waals surface area contributed by atoms with Gasteiger partial charge in [-0.15, -0.1) is 0 Å². The lowest BCUT2D eigenvalue weighted by Crippen LogP contribution is -2.45. The molecule has 1 aliphatic rings. The third-order valence-electron chi connectivity index (χ3n) is 6.71. The molecule has 1 aliphatic heterocycles. The van der Waals surface area contributed by atoms with Crippen molar-refractivity contribution in [2.24, 2.45) is 0 Å². The van der Waals surface area contributed by atoms with Gasteiger partial charge in [0.15, 0.2) is 5.78 Å². The van der Waals surface area contributed by atoms with E-state index in [9.17, 15) is 27.6 Å². The number of amides is 2. The van der Waals surface area contributed by atoms with Crippen LogP contribution in [0.4, 0.5) is 18.9 Å². The number of halogens is 3. The third kappa shape index (κ3) is 8.17. The van der Waals surface area contributed by atoms with Gasteiger partial charge in [-0.2, -0.15) is 13.2 Å². The SMILES string of the molecule is CCOc1cc(C(=O)N[C@@H](Cc2ccccc2)C(=O)CNCc2cccc(C(F)(F)F)c2)cc(N2CCCC2=O)c1. The molecule has 10 heteroatoms. The predicted molar refractivity (Wildman–Crippen MR) is 149 cm³/mol. The maximum absolute atomic E-state index is 13.4. The zero-order chi connectivity index (χ0) is 29.4. The number of hydrogen-bond donors (Lipinski definition) is 2. The molecule has 1 fully saturated rings. The molecule has 1 saturated heterocycles. The number of alkyl halides is 3. The van der Waals surface area contributed by atoms with Crippen LogP contribution in [-0.2, 0) is 28.7 Å². The van der Waals surface area contributed by atoms with Crippen molar-refractivity contribution in [3.8, 4) is 5.75 Å². The summed E-state index contributed by atoms with van der Waals surface area (Å²) < 4.78 is 44.8. The fraction of sp³-hybridized carbons (Fsp3) is 0.323. The number of carbonyl (C=O) groups is 3. The molecule has 216 valence electrons. The Kier molecular flexibility index (Phi) is 9.78. The molecule has 2 N–H and O–H groups in total. The molecule has 4 rings (SSSR count). The van der Waals surface area contributed by atoms with Gasteiger partial charge in [-0.25, -0.2) is 0 Å². The minimum atomic E-state index is -4.46. The number of carbonyl (C=O) groups excluding carboxylic acids is 3. The van der Waals surface area contributed by atoms with E-state index >= 15 is 0 Å². The second-order valence-corrected chi connectivity index (χ2v) is 9.78. The Balaban J connectivity index is 1.50. The number of ketones is 1. The van der Waals surface area contributed by atoms with Crippen molar-refractivity contribution in [3.05, 3.63) is 95.1 Å². The van der Waals surface area contributed by atoms with Gasteiger partial charge >= 0.3 is 6.18 Å². The Morgan fingerprint density at radius 2 is 1.76 bits per heavy atom. The Bertz CT molecular complexity index is 1380. The van der Waals surface area contributed by atoms with Gasteiger partial charge in [0.25, 0.3) is 5.91 Å². The average molecular weight is 568 g/mol. The number of rotatable bonds is 12. The van der Waals surface area contributed by atoms with Crippen LogP contribution in [0.3, 0.4) is 0 Å². The van der Waals surface area contributed by atoms with Crippen molar-refractivity contribution < 1.29 is 32.3 Å². The summed E-state index contributed by atoms with van der Waals surface area (Å²) in [6.07, 6.45) is -3.08. The van der Waals surface area contributed by atoms with E-state index in [4.69, 9.17) is 4.74 Å². The monoisotopic (exact) mass is 567 g/mol. The van der Waals surface area contributed by atoms with Gasteiger partial charge in [0, 0.05) is 36.8 Å². The fourth-order valence-electron chi connectivity index (χ4n) is 4.69. The molecular formula is C31H32F3N3O4. The van der Waals surface area contributed by atoms with Crippen LogP contribution < -0.4 is 20.3 Å². The van der Waals surface area contributed by atoms with Crippen LogP contribution in [0.1, 0.15) is 46.8 Å². The highest BCUT2D eigenvalue weighted by atomic mass is 19.4. The van der Waals surface area contributed by atoms with Gasteiger partial charge in [-0.1, -0.05) is 48.5 Å². The predicted octanol–water partition coefficient (Wildman–Crippen LogP) is 4.93. The minimum absolute atomic E-state index is 0.0333. The van der Waals surface area contributed by atoms with Gasteiger partial charge in [0.1, 0.15) is 5.75 Å². The summed E-state index contributed by atoms with van der Waals surface area (Å²) >= 11 is 0. The highest BCUT2D eigenvalue weighted by Gasteiger charge is 2.30. The Morgan fingerprint density at radius 1 is 1.00 bits per heavy atom. The number of anilines is 1. The van der Waals surface area contributed by atoms with Crippen molar-refractivity contribution in [1.82, 2.24) is 10.6 Å². The molecular weight excluding hydrogens is 535 g/mol. The van der Waals surface area contributed by atoms with Crippen molar-refractivity contribution in [2.75, 3.05) is 24.6 Å². The minimum Gasteiger partial charge on any atom is -0.494 e. The van der Waals surface area contributed by atoms with Crippen LogP contribution in [0, 0.1) is 0 Å². The second kappa shape index (κ2) is 13.5. The van der Waals surface area contributed by atoms with E-state index in [0.29, 0.717) is 36.6 Å². The zero-order valence-corrected chi connectivity index (χ0v) is 22.7. The van der Waals surface area contributed by atoms with Crippen LogP contribution in [0.25, 0.3) is 0 Å². The number of Topliss-reactive ketones (excluding diaryl/α,β-unsaturated/α-hetero) is 1. The van der Waals surface area contributed by atoms with Crippen LogP contribution >= 0.6 is 0 Å². The van der Waals surface area contributed by atoms with E-state index in [1.54, 1.807) is 29.2 Å². The van der Waals surface area contributed by atoms with Crippen molar-refractivity contribution >= 4 is 23.3 Å². The quantitative estimate of drug-likeness (QED) is 0.324. The van der Waals surface area contributed by atoms with Crippen LogP contribution in [0.2, 0.25) is 0 Å². The van der Waals surface area contributed by atoms with E-state index in [1.165, 1.54) is 6.07 Å². The second-order valence-electron chi connectivity index (χ2n) is 9.78. The van der Waals surface area contributed by atoms with Crippen LogP contribution in [-0.4, -0.2) is 43.3 Å². The number of nitrogens with zero attached hydrogens (tertiary/aromatic N) is 1. The standard InChI is InChI=1S/C31H32F3N3O4/c1-2-41-26-17-23(16-25(18-26)37-13-7-12-29(37)39)30(40)36-27(15-21-8-4-3-5-9-21)28(38)20-35-19-22-10-6-11-24(14-22)31(32,33)34/h3-6,8-11,14,16-18,27,35H,2,7,12-13,15,19-20H2,1H3,(H,36,40)/t27-/m0/s1. The maximum Gasteiger partial charge on any atom is 0.416 e. The number of nitrogens with one attached hydrogen (secondary N) is 2. The summed E-state index contributed by atoms with van der Waals surface area (Å²) in [6, 6.07) is 18.1. The van der Waals surface area contributed by atoms with E-state index < -0.39 is 23.7 Å². The number of ether oxygens (including phenoxy) is 1. The van der Waals surface area contributed by atoms with Crippen LogP contribution in [0.5, 0.6) is 5.75 Å². The van der Waals surface area contributed by atoms with E-state index in [0.717, 1.165) is 24.1 Å². The van der Waals surface area contributed by atoms with Gasteiger partial charge < -0.3 is 20.3 Å². The first-order valence-corrected chi connectivity index (χ1v) is 13.5. The largest absolute Gasteiger partial charge is 0.494 e. The highest BCUT2D eigenvalue weighted by Crippen LogP contribution is 2.30. The molecule has 0 spiro atoms. The van der Waals surface area contributed by atoms with Gasteiger partial charge in [0.2, 0.25) is 5.91 Å². The molecule has 7 nitrogen and oxygen atoms in total. The molecule has 1 atom stereocenters. The van der Waals surface area contributed by atoms with Crippen LogP contribution in [0.15, 0.2) is 72.8 Å². The first-order valence-electron chi connectivity index (χ1n) is 13.5. The summed E-state index contributed by atoms with van der Waals surface area (Å²) in [5.41, 5.74) is 1.25. The molecule has 41 heavy (non-hydrogen) atoms. The molecule has 0 unspecified atom stereocenters. The van der Waals surface area contributed by atoms with Gasteiger partial charge in [0.05, 0.1) is 24.8 Å². The van der Waals surface area contributed by atoms with Crippen molar-refractivity contribution in [1.29, 1.82) is 0 Å².